The minimum atomic E-state index is -0.468. The SMILES string of the molecule is Cn1c(=O)c2c(nc(NN3C(=O)CSC3=S)n2CCc2ccccc2)n(C)c1=O. The monoisotopic (exact) mass is 430 g/mol. The highest BCUT2D eigenvalue weighted by Gasteiger charge is 2.29. The topological polar surface area (TPSA) is 94.2 Å². The maximum atomic E-state index is 12.9. The number of carbonyl (C=O) groups excluding carboxylic acids is 1. The van der Waals surface area contributed by atoms with Gasteiger partial charge < -0.3 is 4.57 Å². The average Bonchev–Trinajstić information content (AvgIpc) is 3.25. The van der Waals surface area contributed by atoms with Crippen LogP contribution in [0.25, 0.3) is 11.2 Å². The van der Waals surface area contributed by atoms with Gasteiger partial charge in [-0.25, -0.2) is 9.80 Å². The van der Waals surface area contributed by atoms with Crippen LogP contribution < -0.4 is 16.7 Å². The highest BCUT2D eigenvalue weighted by atomic mass is 32.2. The zero-order chi connectivity index (χ0) is 20.7. The number of hydrogen-bond acceptors (Lipinski definition) is 7. The largest absolute Gasteiger partial charge is 0.332 e. The van der Waals surface area contributed by atoms with E-state index in [-0.39, 0.29) is 23.3 Å². The smallest absolute Gasteiger partial charge is 0.303 e. The number of nitrogens with one attached hydrogen (secondary N) is 1. The number of amides is 1. The molecule has 1 saturated heterocycles. The first kappa shape index (κ1) is 19.4. The van der Waals surface area contributed by atoms with Gasteiger partial charge in [0.1, 0.15) is 0 Å². The Balaban J connectivity index is 1.84. The fraction of sp³-hybridized carbons (Fsp3) is 0.278. The number of rotatable bonds is 5. The fourth-order valence-electron chi connectivity index (χ4n) is 3.20. The van der Waals surface area contributed by atoms with Gasteiger partial charge in [0.25, 0.3) is 11.5 Å². The van der Waals surface area contributed by atoms with E-state index in [2.05, 4.69) is 10.4 Å². The lowest BCUT2D eigenvalue weighted by atomic mass is 10.1. The van der Waals surface area contributed by atoms with E-state index in [0.29, 0.717) is 22.8 Å². The number of aryl methyl sites for hydroxylation is 3. The highest BCUT2D eigenvalue weighted by molar-refractivity contribution is 8.23. The molecule has 1 fully saturated rings. The van der Waals surface area contributed by atoms with E-state index in [4.69, 9.17) is 12.2 Å². The van der Waals surface area contributed by atoms with Gasteiger partial charge in [-0.05, 0) is 12.0 Å². The van der Waals surface area contributed by atoms with Gasteiger partial charge in [0.05, 0.1) is 5.75 Å². The van der Waals surface area contributed by atoms with Crippen LogP contribution >= 0.6 is 24.0 Å². The number of thioether (sulfide) groups is 1. The van der Waals surface area contributed by atoms with Crippen molar-refractivity contribution in [3.8, 4) is 0 Å². The summed E-state index contributed by atoms with van der Waals surface area (Å²) in [5, 5.41) is 1.25. The molecule has 3 heterocycles. The van der Waals surface area contributed by atoms with Crippen molar-refractivity contribution in [3.63, 3.8) is 0 Å². The standard InChI is InChI=1S/C18H18N6O3S2/c1-21-14-13(15(26)22(2)17(21)27)23(9-8-11-6-4-3-5-7-11)16(19-14)20-24-12(25)10-29-18(24)28/h3-7H,8-10H2,1-2H3,(H,19,20). The summed E-state index contributed by atoms with van der Waals surface area (Å²) in [4.78, 5) is 41.8. The van der Waals surface area contributed by atoms with Crippen LogP contribution in [-0.2, 0) is 31.9 Å². The number of nitrogens with zero attached hydrogens (tertiary/aromatic N) is 5. The number of hydrogen-bond donors (Lipinski definition) is 1. The first-order chi connectivity index (χ1) is 13.9. The molecular formula is C18H18N6O3S2. The lowest BCUT2D eigenvalue weighted by Crippen LogP contribution is -2.37. The lowest BCUT2D eigenvalue weighted by Gasteiger charge is -2.18. The van der Waals surface area contributed by atoms with Crippen LogP contribution in [0, 0.1) is 0 Å². The quantitative estimate of drug-likeness (QED) is 0.600. The Kier molecular flexibility index (Phi) is 5.01. The highest BCUT2D eigenvalue weighted by Crippen LogP contribution is 2.23. The average molecular weight is 431 g/mol. The molecule has 0 unspecified atom stereocenters. The Morgan fingerprint density at radius 3 is 2.52 bits per heavy atom. The molecule has 1 aliphatic rings. The predicted octanol–water partition coefficient (Wildman–Crippen LogP) is 0.864. The summed E-state index contributed by atoms with van der Waals surface area (Å²) in [6.07, 6.45) is 0.639. The Labute approximate surface area is 174 Å². The summed E-state index contributed by atoms with van der Waals surface area (Å²) >= 11 is 6.48. The van der Waals surface area contributed by atoms with Gasteiger partial charge >= 0.3 is 5.69 Å². The minimum absolute atomic E-state index is 0.191. The maximum Gasteiger partial charge on any atom is 0.332 e. The molecule has 1 N–H and O–H groups in total. The van der Waals surface area contributed by atoms with Crippen molar-refractivity contribution < 1.29 is 4.79 Å². The third-order valence-electron chi connectivity index (χ3n) is 4.78. The predicted molar refractivity (Wildman–Crippen MR) is 116 cm³/mol. The number of thiocarbonyl (C=S) groups is 1. The van der Waals surface area contributed by atoms with Gasteiger partial charge in [-0.3, -0.25) is 24.1 Å². The molecule has 0 bridgehead atoms. The van der Waals surface area contributed by atoms with Crippen molar-refractivity contribution in [2.75, 3.05) is 11.2 Å². The Morgan fingerprint density at radius 1 is 1.14 bits per heavy atom. The Hall–Kier alpha value is -2.92. The third kappa shape index (κ3) is 3.36. The number of carbonyl (C=O) groups is 1. The van der Waals surface area contributed by atoms with Crippen LogP contribution in [0.2, 0.25) is 0 Å². The van der Waals surface area contributed by atoms with Crippen LogP contribution in [0.4, 0.5) is 5.95 Å². The van der Waals surface area contributed by atoms with E-state index >= 15 is 0 Å². The van der Waals surface area contributed by atoms with Gasteiger partial charge in [-0.1, -0.05) is 54.3 Å². The number of fused-ring (bicyclic) bond motifs is 1. The van der Waals surface area contributed by atoms with Crippen LogP contribution in [0.5, 0.6) is 0 Å². The van der Waals surface area contributed by atoms with E-state index in [9.17, 15) is 14.4 Å². The normalized spacial score (nSPS) is 14.2. The molecule has 0 radical (unpaired) electrons. The molecule has 1 aromatic carbocycles. The van der Waals surface area contributed by atoms with Crippen molar-refractivity contribution in [1.29, 1.82) is 0 Å². The molecular weight excluding hydrogens is 412 g/mol. The summed E-state index contributed by atoms with van der Waals surface area (Å²) in [6, 6.07) is 9.82. The Bertz CT molecular complexity index is 1230. The van der Waals surface area contributed by atoms with Gasteiger partial charge in [0, 0.05) is 20.6 Å². The van der Waals surface area contributed by atoms with E-state index in [1.165, 1.54) is 28.4 Å². The molecule has 3 aromatic rings. The summed E-state index contributed by atoms with van der Waals surface area (Å²) in [5.74, 6) is 0.340. The lowest BCUT2D eigenvalue weighted by molar-refractivity contribution is -0.123. The number of hydrazine groups is 1. The van der Waals surface area contributed by atoms with Crippen molar-refractivity contribution in [2.45, 2.75) is 13.0 Å². The number of anilines is 1. The van der Waals surface area contributed by atoms with Crippen LogP contribution in [0.3, 0.4) is 0 Å². The molecule has 0 atom stereocenters. The molecule has 2 aromatic heterocycles. The molecule has 1 amide bonds. The van der Waals surface area contributed by atoms with Gasteiger partial charge in [-0.15, -0.1) is 0 Å². The molecule has 11 heteroatoms. The van der Waals surface area contributed by atoms with Crippen molar-refractivity contribution in [2.24, 2.45) is 14.1 Å². The van der Waals surface area contributed by atoms with Crippen LogP contribution in [0.1, 0.15) is 5.56 Å². The third-order valence-corrected chi connectivity index (χ3v) is 6.13. The second-order valence-corrected chi connectivity index (χ2v) is 8.21. The summed E-state index contributed by atoms with van der Waals surface area (Å²) in [7, 11) is 2.99. The van der Waals surface area contributed by atoms with Gasteiger partial charge in [0.15, 0.2) is 15.5 Å². The van der Waals surface area contributed by atoms with Crippen LogP contribution in [0.15, 0.2) is 39.9 Å². The van der Waals surface area contributed by atoms with Gasteiger partial charge in [-0.2, -0.15) is 4.98 Å². The zero-order valence-electron chi connectivity index (χ0n) is 15.8. The van der Waals surface area contributed by atoms with E-state index in [1.807, 2.05) is 30.3 Å². The van der Waals surface area contributed by atoms with Gasteiger partial charge in [0.2, 0.25) is 5.95 Å². The second-order valence-electron chi connectivity index (χ2n) is 6.60. The maximum absolute atomic E-state index is 12.9. The molecule has 1 aliphatic heterocycles. The van der Waals surface area contributed by atoms with Crippen molar-refractivity contribution in [1.82, 2.24) is 23.7 Å². The summed E-state index contributed by atoms with van der Waals surface area (Å²) in [5.41, 5.74) is 3.65. The second kappa shape index (κ2) is 7.48. The zero-order valence-corrected chi connectivity index (χ0v) is 17.4. The number of aromatic nitrogens is 4. The Morgan fingerprint density at radius 2 is 1.86 bits per heavy atom. The molecule has 0 spiro atoms. The van der Waals surface area contributed by atoms with E-state index in [0.717, 1.165) is 10.1 Å². The minimum Gasteiger partial charge on any atom is -0.303 e. The molecule has 0 aliphatic carbocycles. The first-order valence-corrected chi connectivity index (χ1v) is 10.2. The number of imidazole rings is 1. The molecule has 29 heavy (non-hydrogen) atoms. The summed E-state index contributed by atoms with van der Waals surface area (Å²) < 4.78 is 4.45. The molecule has 0 saturated carbocycles. The van der Waals surface area contributed by atoms with Crippen molar-refractivity contribution >= 4 is 51.3 Å². The molecule has 4 rings (SSSR count). The molecule has 9 nitrogen and oxygen atoms in total. The van der Waals surface area contributed by atoms with Crippen LogP contribution in [-0.4, -0.2) is 39.7 Å². The fourth-order valence-corrected chi connectivity index (χ4v) is 4.17. The molecule has 150 valence electrons. The van der Waals surface area contributed by atoms with E-state index < -0.39 is 11.2 Å². The first-order valence-electron chi connectivity index (χ1n) is 8.85. The van der Waals surface area contributed by atoms with E-state index in [1.54, 1.807) is 11.6 Å². The summed E-state index contributed by atoms with van der Waals surface area (Å²) in [6.45, 7) is 0.429. The number of benzene rings is 1. The van der Waals surface area contributed by atoms with Crippen molar-refractivity contribution in [3.05, 3.63) is 56.7 Å².